The average molecular weight is 368 g/mol. The molecule has 1 aromatic carbocycles. The smallest absolute Gasteiger partial charge is 0.321 e. The molecule has 0 aliphatic heterocycles. The summed E-state index contributed by atoms with van der Waals surface area (Å²) in [6, 6.07) is 4.64. The van der Waals surface area contributed by atoms with Gasteiger partial charge in [0.05, 0.1) is 0 Å². The molecule has 0 spiro atoms. The molecule has 1 amide bonds. The molecule has 2 nitrogen and oxygen atoms in total. The van der Waals surface area contributed by atoms with E-state index in [2.05, 4.69) is 15.9 Å². The molecule has 0 saturated carbocycles. The Kier molecular flexibility index (Phi) is 4.37. The summed E-state index contributed by atoms with van der Waals surface area (Å²) in [6.45, 7) is 0. The van der Waals surface area contributed by atoms with Crippen molar-refractivity contribution in [3.05, 3.63) is 28.7 Å². The fraction of sp³-hybridized carbons (Fsp3) is 0.300. The number of amides is 1. The van der Waals surface area contributed by atoms with Crippen LogP contribution in [0.15, 0.2) is 28.7 Å². The van der Waals surface area contributed by atoms with Gasteiger partial charge in [0, 0.05) is 10.2 Å². The van der Waals surface area contributed by atoms with Crippen molar-refractivity contribution in [1.29, 1.82) is 0 Å². The monoisotopic (exact) mass is 367 g/mol. The number of hydrogen-bond acceptors (Lipinski definition) is 1. The van der Waals surface area contributed by atoms with Crippen LogP contribution in [-0.2, 0) is 4.79 Å². The lowest BCUT2D eigenvalue weighted by atomic mass is 10.1. The third-order valence-electron chi connectivity index (χ3n) is 2.14. The average Bonchev–Trinajstić information content (AvgIpc) is 2.30. The van der Waals surface area contributed by atoms with Crippen LogP contribution >= 0.6 is 15.9 Å². The highest BCUT2D eigenvalue weighted by atomic mass is 79.9. The zero-order chi connectivity index (χ0) is 15.8. The Balaban J connectivity index is 2.98. The molecule has 0 aliphatic carbocycles. The number of carbonyl (C=O) groups excluding carboxylic acids is 1. The Morgan fingerprint density at radius 3 is 1.80 bits per heavy atom. The van der Waals surface area contributed by atoms with Gasteiger partial charge in [0.2, 0.25) is 0 Å². The summed E-state index contributed by atoms with van der Waals surface area (Å²) < 4.78 is 87.2. The van der Waals surface area contributed by atoms with Crippen LogP contribution < -0.4 is 5.32 Å². The quantitative estimate of drug-likeness (QED) is 0.796. The van der Waals surface area contributed by atoms with E-state index >= 15 is 0 Å². The number of benzene rings is 1. The molecule has 0 aliphatic rings. The highest BCUT2D eigenvalue weighted by Crippen LogP contribution is 2.46. The summed E-state index contributed by atoms with van der Waals surface area (Å²) in [5.41, 5.74) is -0.351. The van der Waals surface area contributed by atoms with E-state index in [1.807, 2.05) is 0 Å². The number of alkyl halides is 7. The molecule has 20 heavy (non-hydrogen) atoms. The Morgan fingerprint density at radius 1 is 0.950 bits per heavy atom. The van der Waals surface area contributed by atoms with Crippen molar-refractivity contribution in [1.82, 2.24) is 0 Å². The number of nitrogens with one attached hydrogen (secondary N) is 1. The minimum Gasteiger partial charge on any atom is -0.321 e. The van der Waals surface area contributed by atoms with Crippen molar-refractivity contribution >= 4 is 27.5 Å². The number of halogens is 8. The van der Waals surface area contributed by atoms with Gasteiger partial charge in [0.25, 0.3) is 0 Å². The third-order valence-corrected chi connectivity index (χ3v) is 2.67. The standard InChI is InChI=1S/C10H5BrF7NO/c11-5-1-3-6(4-2-5)19-7(20)8(12,13)9(14,15)10(16,17)18/h1-4H,(H,19,20). The highest BCUT2D eigenvalue weighted by molar-refractivity contribution is 9.10. The van der Waals surface area contributed by atoms with E-state index in [4.69, 9.17) is 0 Å². The first kappa shape index (κ1) is 16.7. The van der Waals surface area contributed by atoms with Crippen molar-refractivity contribution < 1.29 is 35.5 Å². The molecule has 0 heterocycles. The van der Waals surface area contributed by atoms with E-state index in [1.54, 1.807) is 0 Å². The van der Waals surface area contributed by atoms with Crippen LogP contribution in [-0.4, -0.2) is 23.9 Å². The Hall–Kier alpha value is -1.32. The Labute approximate surface area is 116 Å². The second kappa shape index (κ2) is 5.23. The first-order valence-electron chi connectivity index (χ1n) is 4.79. The molecule has 1 N–H and O–H groups in total. The summed E-state index contributed by atoms with van der Waals surface area (Å²) in [5.74, 6) is -15.2. The van der Waals surface area contributed by atoms with Crippen LogP contribution in [0.5, 0.6) is 0 Å². The van der Waals surface area contributed by atoms with Gasteiger partial charge in [0.15, 0.2) is 0 Å². The summed E-state index contributed by atoms with van der Waals surface area (Å²) in [5, 5.41) is 1.30. The fourth-order valence-electron chi connectivity index (χ4n) is 1.06. The van der Waals surface area contributed by atoms with Crippen LogP contribution in [0.3, 0.4) is 0 Å². The molecule has 0 aromatic heterocycles. The second-order valence-electron chi connectivity index (χ2n) is 3.61. The molecule has 0 fully saturated rings. The lowest BCUT2D eigenvalue weighted by Crippen LogP contribution is -2.57. The van der Waals surface area contributed by atoms with Gasteiger partial charge in [-0.1, -0.05) is 15.9 Å². The minimum atomic E-state index is -6.55. The predicted molar refractivity (Wildman–Crippen MR) is 58.7 cm³/mol. The SMILES string of the molecule is O=C(Nc1ccc(Br)cc1)C(F)(F)C(F)(F)C(F)(F)F. The van der Waals surface area contributed by atoms with E-state index in [-0.39, 0.29) is 5.69 Å². The first-order chi connectivity index (χ1) is 8.89. The van der Waals surface area contributed by atoms with Gasteiger partial charge in [-0.15, -0.1) is 0 Å². The normalized spacial score (nSPS) is 13.2. The van der Waals surface area contributed by atoms with Gasteiger partial charge in [-0.25, -0.2) is 0 Å². The first-order valence-corrected chi connectivity index (χ1v) is 5.58. The molecule has 0 bridgehead atoms. The maximum absolute atomic E-state index is 13.0. The van der Waals surface area contributed by atoms with Crippen LogP contribution in [0.25, 0.3) is 0 Å². The Bertz CT molecular complexity index is 497. The zero-order valence-electron chi connectivity index (χ0n) is 9.24. The van der Waals surface area contributed by atoms with Crippen molar-refractivity contribution in [3.63, 3.8) is 0 Å². The van der Waals surface area contributed by atoms with E-state index in [0.717, 1.165) is 12.1 Å². The van der Waals surface area contributed by atoms with Crippen molar-refractivity contribution in [3.8, 4) is 0 Å². The molecule has 1 rings (SSSR count). The molecule has 10 heteroatoms. The van der Waals surface area contributed by atoms with E-state index in [9.17, 15) is 35.5 Å². The van der Waals surface area contributed by atoms with Crippen LogP contribution in [0.4, 0.5) is 36.4 Å². The highest BCUT2D eigenvalue weighted by Gasteiger charge is 2.76. The molecule has 0 radical (unpaired) electrons. The summed E-state index contributed by atoms with van der Waals surface area (Å²) >= 11 is 2.98. The maximum atomic E-state index is 13.0. The summed E-state index contributed by atoms with van der Waals surface area (Å²) in [6.07, 6.45) is -6.55. The van der Waals surface area contributed by atoms with Crippen molar-refractivity contribution in [2.45, 2.75) is 18.0 Å². The summed E-state index contributed by atoms with van der Waals surface area (Å²) in [4.78, 5) is 11.0. The van der Waals surface area contributed by atoms with E-state index in [0.29, 0.717) is 4.47 Å². The van der Waals surface area contributed by atoms with Gasteiger partial charge in [-0.3, -0.25) is 4.79 Å². The number of rotatable bonds is 3. The number of carbonyl (C=O) groups is 1. The van der Waals surface area contributed by atoms with Crippen molar-refractivity contribution in [2.75, 3.05) is 5.32 Å². The van der Waals surface area contributed by atoms with Crippen LogP contribution in [0.1, 0.15) is 0 Å². The molecule has 112 valence electrons. The zero-order valence-corrected chi connectivity index (χ0v) is 10.8. The third kappa shape index (κ3) is 3.05. The van der Waals surface area contributed by atoms with Gasteiger partial charge < -0.3 is 5.32 Å². The second-order valence-corrected chi connectivity index (χ2v) is 4.52. The van der Waals surface area contributed by atoms with Crippen LogP contribution in [0, 0.1) is 0 Å². The fourth-order valence-corrected chi connectivity index (χ4v) is 1.33. The Morgan fingerprint density at radius 2 is 1.40 bits per heavy atom. The summed E-state index contributed by atoms with van der Waals surface area (Å²) in [7, 11) is 0. The molecule has 0 saturated heterocycles. The minimum absolute atomic E-state index is 0.351. The predicted octanol–water partition coefficient (Wildman–Crippen LogP) is 4.22. The molecular formula is C10H5BrF7NO. The number of hydrogen-bond donors (Lipinski definition) is 1. The molecule has 1 aromatic rings. The van der Waals surface area contributed by atoms with Gasteiger partial charge in [0.1, 0.15) is 0 Å². The van der Waals surface area contributed by atoms with Gasteiger partial charge in [-0.2, -0.15) is 30.7 Å². The maximum Gasteiger partial charge on any atom is 0.460 e. The van der Waals surface area contributed by atoms with Gasteiger partial charge in [-0.05, 0) is 24.3 Å². The number of anilines is 1. The van der Waals surface area contributed by atoms with Gasteiger partial charge >= 0.3 is 23.9 Å². The lowest BCUT2D eigenvalue weighted by molar-refractivity contribution is -0.343. The molecule has 0 unspecified atom stereocenters. The lowest BCUT2D eigenvalue weighted by Gasteiger charge is -2.27. The largest absolute Gasteiger partial charge is 0.460 e. The molecular weight excluding hydrogens is 363 g/mol. The molecule has 0 atom stereocenters. The van der Waals surface area contributed by atoms with Crippen LogP contribution in [0.2, 0.25) is 0 Å². The van der Waals surface area contributed by atoms with E-state index in [1.165, 1.54) is 17.4 Å². The van der Waals surface area contributed by atoms with E-state index < -0.39 is 23.9 Å². The topological polar surface area (TPSA) is 29.1 Å². The van der Waals surface area contributed by atoms with Crippen molar-refractivity contribution in [2.24, 2.45) is 0 Å².